The summed E-state index contributed by atoms with van der Waals surface area (Å²) < 4.78 is 75.9. The Kier molecular flexibility index (Phi) is 6.62. The molecule has 2 fully saturated rings. The molecule has 182 valence electrons. The van der Waals surface area contributed by atoms with E-state index in [-0.39, 0.29) is 22.3 Å². The zero-order chi connectivity index (χ0) is 23.9. The van der Waals surface area contributed by atoms with Crippen LogP contribution in [0.4, 0.5) is 13.2 Å². The van der Waals surface area contributed by atoms with Gasteiger partial charge in [-0.15, -0.1) is 0 Å². The molecule has 1 aromatic heterocycles. The van der Waals surface area contributed by atoms with Crippen LogP contribution in [0.1, 0.15) is 31.2 Å². The highest BCUT2D eigenvalue weighted by Gasteiger charge is 2.28. The number of halogens is 3. The summed E-state index contributed by atoms with van der Waals surface area (Å²) in [4.78, 5) is 4.86. The molecule has 2 aliphatic heterocycles. The number of sulfonamides is 1. The van der Waals surface area contributed by atoms with Crippen LogP contribution in [0.5, 0.6) is 0 Å². The van der Waals surface area contributed by atoms with E-state index in [1.807, 2.05) is 4.57 Å². The van der Waals surface area contributed by atoms with E-state index in [0.717, 1.165) is 43.3 Å². The number of nitrogens with zero attached hydrogens (tertiary/aromatic N) is 3. The smallest absolute Gasteiger partial charge is 0.243 e. The van der Waals surface area contributed by atoms with Gasteiger partial charge < -0.3 is 9.30 Å². The Morgan fingerprint density at radius 3 is 2.47 bits per heavy atom. The zero-order valence-electron chi connectivity index (χ0n) is 18.3. The second kappa shape index (κ2) is 9.52. The molecule has 3 heterocycles. The van der Waals surface area contributed by atoms with Gasteiger partial charge in [0.2, 0.25) is 10.0 Å². The first-order valence-electron chi connectivity index (χ1n) is 11.2. The molecule has 34 heavy (non-hydrogen) atoms. The third-order valence-electron chi connectivity index (χ3n) is 6.21. The van der Waals surface area contributed by atoms with Crippen molar-refractivity contribution < 1.29 is 26.3 Å². The highest BCUT2D eigenvalue weighted by atomic mass is 32.2. The van der Waals surface area contributed by atoms with E-state index in [9.17, 15) is 21.6 Å². The first-order valence-corrected chi connectivity index (χ1v) is 13.6. The molecule has 0 radical (unpaired) electrons. The summed E-state index contributed by atoms with van der Waals surface area (Å²) in [7, 11) is -3.59. The van der Waals surface area contributed by atoms with Gasteiger partial charge in [0.1, 0.15) is 0 Å². The topological polar surface area (TPSA) is 64.4 Å². The van der Waals surface area contributed by atoms with Crippen LogP contribution in [0.2, 0.25) is 0 Å². The molecule has 3 aromatic rings. The van der Waals surface area contributed by atoms with Crippen molar-refractivity contribution in [2.45, 2.75) is 54.1 Å². The summed E-state index contributed by atoms with van der Waals surface area (Å²) >= 11 is 1.25. The molecule has 5 rings (SSSR count). The van der Waals surface area contributed by atoms with E-state index < -0.39 is 27.5 Å². The largest absolute Gasteiger partial charge is 0.376 e. The maximum atomic E-state index is 13.6. The standard InChI is InChI=1S/C23H24F3N3O3S2/c24-18-10-15(11-19(25)22(18)26)14-33-23-27-20-12-17(34(30,31)28-7-1-2-8-28)5-6-21(20)29(23)13-16-4-3-9-32-16/h5-6,10-12,16H,1-4,7-9,13-14H2/t16-/m1/s1. The first-order chi connectivity index (χ1) is 16.3. The van der Waals surface area contributed by atoms with Crippen LogP contribution in [-0.4, -0.2) is 48.1 Å². The fourth-order valence-electron chi connectivity index (χ4n) is 4.44. The van der Waals surface area contributed by atoms with Crippen LogP contribution in [0.15, 0.2) is 40.4 Å². The van der Waals surface area contributed by atoms with Gasteiger partial charge in [-0.05, 0) is 61.6 Å². The maximum absolute atomic E-state index is 13.6. The monoisotopic (exact) mass is 511 g/mol. The second-order valence-corrected chi connectivity index (χ2v) is 11.4. The maximum Gasteiger partial charge on any atom is 0.243 e. The number of hydrogen-bond donors (Lipinski definition) is 0. The van der Waals surface area contributed by atoms with E-state index in [2.05, 4.69) is 4.98 Å². The molecular weight excluding hydrogens is 487 g/mol. The van der Waals surface area contributed by atoms with Gasteiger partial charge in [0.25, 0.3) is 0 Å². The van der Waals surface area contributed by atoms with Crippen molar-refractivity contribution in [3.63, 3.8) is 0 Å². The molecule has 11 heteroatoms. The van der Waals surface area contributed by atoms with Gasteiger partial charge >= 0.3 is 0 Å². The molecule has 6 nitrogen and oxygen atoms in total. The fourth-order valence-corrected chi connectivity index (χ4v) is 6.93. The van der Waals surface area contributed by atoms with Crippen molar-refractivity contribution in [2.24, 2.45) is 0 Å². The minimum atomic E-state index is -3.59. The first kappa shape index (κ1) is 23.7. The Bertz CT molecular complexity index is 1290. The molecule has 1 atom stereocenters. The predicted molar refractivity (Wildman–Crippen MR) is 123 cm³/mol. The van der Waals surface area contributed by atoms with Gasteiger partial charge in [0, 0.05) is 25.4 Å². The molecule has 2 aliphatic rings. The molecule has 0 aliphatic carbocycles. The van der Waals surface area contributed by atoms with Crippen molar-refractivity contribution in [1.82, 2.24) is 13.9 Å². The van der Waals surface area contributed by atoms with Crippen LogP contribution >= 0.6 is 11.8 Å². The number of rotatable bonds is 7. The average Bonchev–Trinajstić information content (AvgIpc) is 3.58. The summed E-state index contributed by atoms with van der Waals surface area (Å²) in [5.74, 6) is -3.80. The summed E-state index contributed by atoms with van der Waals surface area (Å²) in [6, 6.07) is 6.87. The summed E-state index contributed by atoms with van der Waals surface area (Å²) in [5.41, 5.74) is 1.57. The SMILES string of the molecule is O=S(=O)(c1ccc2c(c1)nc(SCc1cc(F)c(F)c(F)c1)n2C[C@H]1CCCO1)N1CCCC1. The number of aromatic nitrogens is 2. The van der Waals surface area contributed by atoms with Crippen LogP contribution < -0.4 is 0 Å². The summed E-state index contributed by atoms with van der Waals surface area (Å²) in [6.07, 6.45) is 3.57. The van der Waals surface area contributed by atoms with Gasteiger partial charge in [-0.3, -0.25) is 0 Å². The molecule has 0 amide bonds. The Balaban J connectivity index is 1.48. The van der Waals surface area contributed by atoms with E-state index in [4.69, 9.17) is 4.74 Å². The van der Waals surface area contributed by atoms with Crippen molar-refractivity contribution in [3.8, 4) is 0 Å². The number of imidazole rings is 1. The summed E-state index contributed by atoms with van der Waals surface area (Å²) in [5, 5.41) is 0.575. The lowest BCUT2D eigenvalue weighted by Gasteiger charge is -2.16. The third-order valence-corrected chi connectivity index (χ3v) is 9.15. The average molecular weight is 512 g/mol. The Labute approximate surface area is 200 Å². The van der Waals surface area contributed by atoms with Gasteiger partial charge in [-0.2, -0.15) is 4.31 Å². The number of thioether (sulfide) groups is 1. The predicted octanol–water partition coefficient (Wildman–Crippen LogP) is 4.71. The second-order valence-electron chi connectivity index (χ2n) is 8.56. The van der Waals surface area contributed by atoms with Gasteiger partial charge in [-0.1, -0.05) is 11.8 Å². The lowest BCUT2D eigenvalue weighted by molar-refractivity contribution is 0.0960. The Morgan fingerprint density at radius 1 is 1.06 bits per heavy atom. The van der Waals surface area contributed by atoms with E-state index in [1.54, 1.807) is 18.2 Å². The lowest BCUT2D eigenvalue weighted by atomic mass is 10.2. The highest BCUT2D eigenvalue weighted by molar-refractivity contribution is 7.98. The number of benzene rings is 2. The molecule has 0 unspecified atom stereocenters. The zero-order valence-corrected chi connectivity index (χ0v) is 20.0. The summed E-state index contributed by atoms with van der Waals surface area (Å²) in [6.45, 7) is 2.24. The van der Waals surface area contributed by atoms with Crippen molar-refractivity contribution in [2.75, 3.05) is 19.7 Å². The van der Waals surface area contributed by atoms with Crippen molar-refractivity contribution in [3.05, 3.63) is 53.3 Å². The minimum Gasteiger partial charge on any atom is -0.376 e. The van der Waals surface area contributed by atoms with Gasteiger partial charge in [0.05, 0.1) is 28.6 Å². The van der Waals surface area contributed by atoms with Crippen LogP contribution in [0, 0.1) is 17.5 Å². The molecule has 0 saturated carbocycles. The van der Waals surface area contributed by atoms with Crippen LogP contribution in [-0.2, 0) is 27.1 Å². The van der Waals surface area contributed by atoms with Crippen molar-refractivity contribution in [1.29, 1.82) is 0 Å². The molecule has 0 spiro atoms. The van der Waals surface area contributed by atoms with E-state index in [1.165, 1.54) is 16.1 Å². The molecule has 2 aromatic carbocycles. The normalized spacial score (nSPS) is 19.4. The quantitative estimate of drug-likeness (QED) is 0.340. The third kappa shape index (κ3) is 4.58. The number of hydrogen-bond acceptors (Lipinski definition) is 5. The van der Waals surface area contributed by atoms with E-state index >= 15 is 0 Å². The molecule has 0 N–H and O–H groups in total. The highest BCUT2D eigenvalue weighted by Crippen LogP contribution is 2.31. The molecular formula is C23H24F3N3O3S2. The Morgan fingerprint density at radius 2 is 1.79 bits per heavy atom. The van der Waals surface area contributed by atoms with Crippen LogP contribution in [0.25, 0.3) is 11.0 Å². The molecule has 2 saturated heterocycles. The van der Waals surface area contributed by atoms with Crippen LogP contribution in [0.3, 0.4) is 0 Å². The molecule has 0 bridgehead atoms. The number of fused-ring (bicyclic) bond motifs is 1. The lowest BCUT2D eigenvalue weighted by Crippen LogP contribution is -2.27. The van der Waals surface area contributed by atoms with Gasteiger partial charge in [-0.25, -0.2) is 26.6 Å². The minimum absolute atomic E-state index is 0.00506. The number of ether oxygens (including phenoxy) is 1. The Hall–Kier alpha value is -2.08. The van der Waals surface area contributed by atoms with E-state index in [0.29, 0.717) is 36.9 Å². The fraction of sp³-hybridized carbons (Fsp3) is 0.435. The van der Waals surface area contributed by atoms with Gasteiger partial charge in [0.15, 0.2) is 22.6 Å². The van der Waals surface area contributed by atoms with Crippen molar-refractivity contribution >= 4 is 32.8 Å².